The number of nitrogens with zero attached hydrogens (tertiary/aromatic N) is 3. The Balaban J connectivity index is 1.32. The number of aromatic nitrogens is 3. The van der Waals surface area contributed by atoms with Crippen molar-refractivity contribution in [1.82, 2.24) is 20.1 Å². The Morgan fingerprint density at radius 1 is 1.15 bits per heavy atom. The highest BCUT2D eigenvalue weighted by Gasteiger charge is 2.26. The Hall–Kier alpha value is -2.60. The van der Waals surface area contributed by atoms with Crippen LogP contribution in [0.25, 0.3) is 11.1 Å². The van der Waals surface area contributed by atoms with E-state index in [1.165, 1.54) is 35.7 Å². The van der Waals surface area contributed by atoms with E-state index in [0.29, 0.717) is 11.8 Å². The summed E-state index contributed by atoms with van der Waals surface area (Å²) in [6.07, 6.45) is 4.11. The molecule has 6 heteroatoms. The van der Waals surface area contributed by atoms with E-state index in [-0.39, 0.29) is 11.9 Å². The van der Waals surface area contributed by atoms with Gasteiger partial charge in [-0.25, -0.2) is 0 Å². The number of thioether (sulfide) groups is 1. The molecular formula is C21H22N4OS. The minimum atomic E-state index is -0.0378. The lowest BCUT2D eigenvalue weighted by atomic mass is 10.0. The maximum absolute atomic E-state index is 12.3. The third-order valence-electron chi connectivity index (χ3n) is 4.71. The van der Waals surface area contributed by atoms with Gasteiger partial charge in [0.05, 0.1) is 11.8 Å². The summed E-state index contributed by atoms with van der Waals surface area (Å²) in [6.45, 7) is 2.01. The molecule has 0 bridgehead atoms. The first-order valence-electron chi connectivity index (χ1n) is 9.18. The van der Waals surface area contributed by atoms with Crippen molar-refractivity contribution in [3.63, 3.8) is 0 Å². The van der Waals surface area contributed by atoms with Crippen LogP contribution < -0.4 is 5.32 Å². The third kappa shape index (κ3) is 4.39. The second-order valence-electron chi connectivity index (χ2n) is 6.82. The Morgan fingerprint density at radius 3 is 2.56 bits per heavy atom. The van der Waals surface area contributed by atoms with E-state index in [4.69, 9.17) is 0 Å². The lowest BCUT2D eigenvalue weighted by Crippen LogP contribution is -2.28. The summed E-state index contributed by atoms with van der Waals surface area (Å²) in [5.41, 5.74) is 3.46. The number of rotatable bonds is 7. The molecule has 0 saturated heterocycles. The van der Waals surface area contributed by atoms with Gasteiger partial charge in [0.25, 0.3) is 0 Å². The topological polar surface area (TPSA) is 59.8 Å². The van der Waals surface area contributed by atoms with E-state index in [2.05, 4.69) is 56.5 Å². The molecule has 1 fully saturated rings. The van der Waals surface area contributed by atoms with Crippen LogP contribution in [0.4, 0.5) is 0 Å². The fourth-order valence-corrected chi connectivity index (χ4v) is 3.82. The summed E-state index contributed by atoms with van der Waals surface area (Å²) < 4.78 is 2.07. The number of carbonyl (C=O) groups is 1. The van der Waals surface area contributed by atoms with E-state index < -0.39 is 0 Å². The van der Waals surface area contributed by atoms with E-state index in [0.717, 1.165) is 10.7 Å². The average Bonchev–Trinajstić information content (AvgIpc) is 3.45. The van der Waals surface area contributed by atoms with Crippen LogP contribution in [0.1, 0.15) is 37.4 Å². The van der Waals surface area contributed by atoms with Crippen LogP contribution >= 0.6 is 11.8 Å². The Morgan fingerprint density at radius 2 is 1.85 bits per heavy atom. The van der Waals surface area contributed by atoms with Crippen LogP contribution in [0.15, 0.2) is 66.1 Å². The molecule has 27 heavy (non-hydrogen) atoms. The van der Waals surface area contributed by atoms with Gasteiger partial charge in [-0.15, -0.1) is 10.2 Å². The maximum Gasteiger partial charge on any atom is 0.230 e. The molecule has 5 nitrogen and oxygen atoms in total. The van der Waals surface area contributed by atoms with Crippen molar-refractivity contribution in [3.05, 3.63) is 66.5 Å². The molecule has 0 radical (unpaired) electrons. The van der Waals surface area contributed by atoms with E-state index in [1.54, 1.807) is 6.33 Å². The molecule has 1 aliphatic rings. The summed E-state index contributed by atoms with van der Waals surface area (Å²) in [5, 5.41) is 12.0. The van der Waals surface area contributed by atoms with Gasteiger partial charge >= 0.3 is 0 Å². The van der Waals surface area contributed by atoms with Crippen molar-refractivity contribution in [2.75, 3.05) is 5.75 Å². The molecule has 3 aromatic rings. The van der Waals surface area contributed by atoms with E-state index in [9.17, 15) is 4.79 Å². The van der Waals surface area contributed by atoms with Gasteiger partial charge in [-0.2, -0.15) is 0 Å². The molecule has 0 unspecified atom stereocenters. The quantitative estimate of drug-likeness (QED) is 0.625. The van der Waals surface area contributed by atoms with Gasteiger partial charge < -0.3 is 9.88 Å². The van der Waals surface area contributed by atoms with Crippen LogP contribution in [0.5, 0.6) is 0 Å². The number of amides is 1. The summed E-state index contributed by atoms with van der Waals surface area (Å²) in [4.78, 5) is 12.3. The highest BCUT2D eigenvalue weighted by molar-refractivity contribution is 7.99. The summed E-state index contributed by atoms with van der Waals surface area (Å²) in [6, 6.07) is 19.1. The fourth-order valence-electron chi connectivity index (χ4n) is 3.03. The molecule has 1 atom stereocenters. The van der Waals surface area contributed by atoms with Crippen molar-refractivity contribution in [2.24, 2.45) is 0 Å². The van der Waals surface area contributed by atoms with Crippen molar-refractivity contribution in [1.29, 1.82) is 0 Å². The van der Waals surface area contributed by atoms with Gasteiger partial charge in [0.1, 0.15) is 6.33 Å². The van der Waals surface area contributed by atoms with Crippen LogP contribution in [-0.2, 0) is 4.79 Å². The van der Waals surface area contributed by atoms with Gasteiger partial charge in [0.2, 0.25) is 5.91 Å². The van der Waals surface area contributed by atoms with Crippen LogP contribution in [0.3, 0.4) is 0 Å². The molecule has 138 valence electrons. The van der Waals surface area contributed by atoms with Crippen LogP contribution in [-0.4, -0.2) is 26.4 Å². The average molecular weight is 379 g/mol. The molecule has 1 aromatic heterocycles. The number of benzene rings is 2. The minimum Gasteiger partial charge on any atom is -0.349 e. The number of hydrogen-bond donors (Lipinski definition) is 1. The summed E-state index contributed by atoms with van der Waals surface area (Å²) >= 11 is 1.44. The Bertz CT molecular complexity index is 903. The van der Waals surface area contributed by atoms with Crippen LogP contribution in [0.2, 0.25) is 0 Å². The maximum atomic E-state index is 12.3. The molecule has 4 rings (SSSR count). The predicted molar refractivity (Wildman–Crippen MR) is 107 cm³/mol. The fraction of sp³-hybridized carbons (Fsp3) is 0.286. The van der Waals surface area contributed by atoms with E-state index >= 15 is 0 Å². The van der Waals surface area contributed by atoms with Gasteiger partial charge in [0.15, 0.2) is 5.16 Å². The minimum absolute atomic E-state index is 0.00461. The van der Waals surface area contributed by atoms with Crippen LogP contribution in [0, 0.1) is 0 Å². The molecule has 1 saturated carbocycles. The van der Waals surface area contributed by atoms with Crippen molar-refractivity contribution in [3.8, 4) is 11.1 Å². The zero-order valence-electron chi connectivity index (χ0n) is 15.2. The third-order valence-corrected chi connectivity index (χ3v) is 5.67. The Kier molecular flexibility index (Phi) is 5.25. The first-order valence-corrected chi connectivity index (χ1v) is 10.2. The second kappa shape index (κ2) is 7.96. The molecule has 1 amide bonds. The smallest absolute Gasteiger partial charge is 0.230 e. The van der Waals surface area contributed by atoms with Crippen molar-refractivity contribution in [2.45, 2.75) is 37.0 Å². The highest BCUT2D eigenvalue weighted by atomic mass is 32.2. The Labute approximate surface area is 163 Å². The van der Waals surface area contributed by atoms with Crippen molar-refractivity contribution >= 4 is 17.7 Å². The predicted octanol–water partition coefficient (Wildman–Crippen LogP) is 4.25. The molecular weight excluding hydrogens is 356 g/mol. The lowest BCUT2D eigenvalue weighted by Gasteiger charge is -2.15. The molecule has 0 spiro atoms. The standard InChI is InChI=1S/C21H22N4OS/c1-15(16-7-9-18(10-8-16)17-5-3-2-4-6-17)23-20(26)13-27-21-24-22-14-25(21)19-11-12-19/h2-10,14-15,19H,11-13H2,1H3,(H,23,26)/t15-/m1/s1. The number of hydrogen-bond acceptors (Lipinski definition) is 4. The normalized spacial score (nSPS) is 14.7. The first kappa shape index (κ1) is 17.8. The summed E-state index contributed by atoms with van der Waals surface area (Å²) in [7, 11) is 0. The zero-order chi connectivity index (χ0) is 18.6. The number of nitrogens with one attached hydrogen (secondary N) is 1. The monoisotopic (exact) mass is 378 g/mol. The van der Waals surface area contributed by atoms with Gasteiger partial charge in [-0.3, -0.25) is 4.79 Å². The molecule has 1 N–H and O–H groups in total. The highest BCUT2D eigenvalue weighted by Crippen LogP contribution is 2.37. The van der Waals surface area contributed by atoms with Gasteiger partial charge in [-0.1, -0.05) is 66.4 Å². The molecule has 1 aliphatic carbocycles. The first-order chi connectivity index (χ1) is 13.2. The molecule has 1 heterocycles. The van der Waals surface area contributed by atoms with E-state index in [1.807, 2.05) is 25.1 Å². The number of carbonyl (C=O) groups excluding carboxylic acids is 1. The van der Waals surface area contributed by atoms with Gasteiger partial charge in [-0.05, 0) is 36.5 Å². The molecule has 2 aromatic carbocycles. The SMILES string of the molecule is C[C@@H](NC(=O)CSc1nncn1C1CC1)c1ccc(-c2ccccc2)cc1. The zero-order valence-corrected chi connectivity index (χ0v) is 16.0. The van der Waals surface area contributed by atoms with Crippen molar-refractivity contribution < 1.29 is 4.79 Å². The largest absolute Gasteiger partial charge is 0.349 e. The second-order valence-corrected chi connectivity index (χ2v) is 7.76. The van der Waals surface area contributed by atoms with Gasteiger partial charge in [0, 0.05) is 6.04 Å². The summed E-state index contributed by atoms with van der Waals surface area (Å²) in [5.74, 6) is 0.350. The molecule has 0 aliphatic heterocycles. The lowest BCUT2D eigenvalue weighted by molar-refractivity contribution is -0.119.